The van der Waals surface area contributed by atoms with Crippen molar-refractivity contribution in [2.75, 3.05) is 25.5 Å². The molecular formula is C13H19N5. The Morgan fingerprint density at radius 3 is 3.06 bits per heavy atom. The number of likely N-dealkylation sites (N-methyl/N-ethyl adjacent to an activating group) is 1. The van der Waals surface area contributed by atoms with Crippen molar-refractivity contribution >= 4 is 11.6 Å². The lowest BCUT2D eigenvalue weighted by molar-refractivity contribution is 0.260. The second-order valence-corrected chi connectivity index (χ2v) is 5.12. The van der Waals surface area contributed by atoms with Gasteiger partial charge in [-0.1, -0.05) is 6.07 Å². The van der Waals surface area contributed by atoms with E-state index in [-0.39, 0.29) is 0 Å². The number of anilines is 1. The van der Waals surface area contributed by atoms with Gasteiger partial charge in [0.05, 0.1) is 0 Å². The van der Waals surface area contributed by atoms with Gasteiger partial charge in [0.2, 0.25) is 5.95 Å². The highest BCUT2D eigenvalue weighted by Crippen LogP contribution is 2.14. The largest absolute Gasteiger partial charge is 0.349 e. The van der Waals surface area contributed by atoms with Gasteiger partial charge in [-0.05, 0) is 45.5 Å². The van der Waals surface area contributed by atoms with E-state index in [1.54, 1.807) is 0 Å². The number of piperidine rings is 1. The van der Waals surface area contributed by atoms with Gasteiger partial charge in [-0.25, -0.2) is 4.52 Å². The molecule has 0 spiro atoms. The van der Waals surface area contributed by atoms with Crippen molar-refractivity contribution in [1.82, 2.24) is 19.5 Å². The summed E-state index contributed by atoms with van der Waals surface area (Å²) in [6, 6.07) is 6.50. The molecular weight excluding hydrogens is 226 g/mol. The monoisotopic (exact) mass is 245 g/mol. The van der Waals surface area contributed by atoms with E-state index in [9.17, 15) is 0 Å². The zero-order chi connectivity index (χ0) is 12.5. The highest BCUT2D eigenvalue weighted by Gasteiger charge is 2.18. The van der Waals surface area contributed by atoms with Crippen LogP contribution < -0.4 is 5.32 Å². The Labute approximate surface area is 107 Å². The standard InChI is InChI=1S/C13H19N5/c1-10-5-3-7-12-15-13(16-18(10)12)14-11-6-4-8-17(2)9-11/h3,5,7,11H,4,6,8-9H2,1-2H3,(H,14,16). The van der Waals surface area contributed by atoms with Gasteiger partial charge >= 0.3 is 0 Å². The maximum atomic E-state index is 4.51. The van der Waals surface area contributed by atoms with Crippen LogP contribution in [0.15, 0.2) is 18.2 Å². The van der Waals surface area contributed by atoms with E-state index in [2.05, 4.69) is 27.3 Å². The Kier molecular flexibility index (Phi) is 2.91. The number of aryl methyl sites for hydroxylation is 1. The van der Waals surface area contributed by atoms with E-state index in [0.29, 0.717) is 6.04 Å². The van der Waals surface area contributed by atoms with Crippen LogP contribution in [-0.2, 0) is 0 Å². The van der Waals surface area contributed by atoms with Gasteiger partial charge < -0.3 is 10.2 Å². The molecule has 2 aromatic heterocycles. The molecule has 1 N–H and O–H groups in total. The summed E-state index contributed by atoms with van der Waals surface area (Å²) in [5.74, 6) is 0.740. The zero-order valence-electron chi connectivity index (χ0n) is 10.9. The fourth-order valence-corrected chi connectivity index (χ4v) is 2.56. The van der Waals surface area contributed by atoms with Gasteiger partial charge in [-0.15, -0.1) is 5.10 Å². The molecule has 0 aliphatic carbocycles. The smallest absolute Gasteiger partial charge is 0.243 e. The quantitative estimate of drug-likeness (QED) is 0.872. The fourth-order valence-electron chi connectivity index (χ4n) is 2.56. The fraction of sp³-hybridized carbons (Fsp3) is 0.538. The minimum atomic E-state index is 0.460. The topological polar surface area (TPSA) is 45.5 Å². The van der Waals surface area contributed by atoms with Crippen LogP contribution in [0.25, 0.3) is 5.65 Å². The number of fused-ring (bicyclic) bond motifs is 1. The second kappa shape index (κ2) is 4.57. The normalized spacial score (nSPS) is 21.3. The van der Waals surface area contributed by atoms with Crippen molar-refractivity contribution in [2.45, 2.75) is 25.8 Å². The number of hydrogen-bond acceptors (Lipinski definition) is 4. The molecule has 1 atom stereocenters. The molecule has 0 radical (unpaired) electrons. The summed E-state index contributed by atoms with van der Waals surface area (Å²) < 4.78 is 1.88. The van der Waals surface area contributed by atoms with Gasteiger partial charge in [0, 0.05) is 18.3 Å². The molecule has 1 fully saturated rings. The maximum absolute atomic E-state index is 4.51. The first-order valence-corrected chi connectivity index (χ1v) is 6.50. The Hall–Kier alpha value is -1.62. The Morgan fingerprint density at radius 1 is 1.39 bits per heavy atom. The molecule has 0 saturated carbocycles. The molecule has 2 aromatic rings. The first kappa shape index (κ1) is 11.5. The molecule has 1 aliphatic heterocycles. The van der Waals surface area contributed by atoms with E-state index < -0.39 is 0 Å². The van der Waals surface area contributed by atoms with E-state index >= 15 is 0 Å². The average molecular weight is 245 g/mol. The van der Waals surface area contributed by atoms with Crippen molar-refractivity contribution in [3.05, 3.63) is 23.9 Å². The maximum Gasteiger partial charge on any atom is 0.243 e. The molecule has 5 heteroatoms. The molecule has 0 amide bonds. The number of nitrogens with zero attached hydrogens (tertiary/aromatic N) is 4. The molecule has 0 aromatic carbocycles. The highest BCUT2D eigenvalue weighted by atomic mass is 15.4. The summed E-state index contributed by atoms with van der Waals surface area (Å²) in [7, 11) is 2.16. The average Bonchev–Trinajstić information content (AvgIpc) is 2.73. The minimum absolute atomic E-state index is 0.460. The van der Waals surface area contributed by atoms with E-state index in [1.807, 2.05) is 29.6 Å². The molecule has 0 bridgehead atoms. The summed E-state index contributed by atoms with van der Waals surface area (Å²) >= 11 is 0. The minimum Gasteiger partial charge on any atom is -0.349 e. The second-order valence-electron chi connectivity index (χ2n) is 5.12. The summed E-state index contributed by atoms with van der Waals surface area (Å²) in [6.07, 6.45) is 2.43. The highest BCUT2D eigenvalue weighted by molar-refractivity contribution is 5.44. The molecule has 3 rings (SSSR count). The van der Waals surface area contributed by atoms with Crippen LogP contribution in [0.2, 0.25) is 0 Å². The molecule has 1 saturated heterocycles. The molecule has 5 nitrogen and oxygen atoms in total. The summed E-state index contributed by atoms with van der Waals surface area (Å²) in [4.78, 5) is 6.86. The predicted octanol–water partition coefficient (Wildman–Crippen LogP) is 1.54. The van der Waals surface area contributed by atoms with Crippen molar-refractivity contribution < 1.29 is 0 Å². The number of aromatic nitrogens is 3. The van der Waals surface area contributed by atoms with Gasteiger partial charge in [-0.2, -0.15) is 4.98 Å². The van der Waals surface area contributed by atoms with Crippen molar-refractivity contribution in [1.29, 1.82) is 0 Å². The number of nitrogens with one attached hydrogen (secondary N) is 1. The van der Waals surface area contributed by atoms with E-state index in [4.69, 9.17) is 0 Å². The number of rotatable bonds is 2. The molecule has 1 unspecified atom stereocenters. The summed E-state index contributed by atoms with van der Waals surface area (Å²) in [6.45, 7) is 4.30. The third-order valence-corrected chi connectivity index (χ3v) is 3.51. The lowest BCUT2D eigenvalue weighted by atomic mass is 10.1. The zero-order valence-corrected chi connectivity index (χ0v) is 10.9. The number of likely N-dealkylation sites (tertiary alicyclic amines) is 1. The molecule has 18 heavy (non-hydrogen) atoms. The van der Waals surface area contributed by atoms with Crippen LogP contribution in [0, 0.1) is 6.92 Å². The number of hydrogen-bond donors (Lipinski definition) is 1. The lowest BCUT2D eigenvalue weighted by Gasteiger charge is -2.29. The first-order chi connectivity index (χ1) is 8.72. The van der Waals surface area contributed by atoms with Crippen LogP contribution in [0.5, 0.6) is 0 Å². The van der Waals surface area contributed by atoms with Crippen molar-refractivity contribution in [2.24, 2.45) is 0 Å². The van der Waals surface area contributed by atoms with Crippen LogP contribution in [0.1, 0.15) is 18.5 Å². The third kappa shape index (κ3) is 2.18. The van der Waals surface area contributed by atoms with Crippen molar-refractivity contribution in [3.8, 4) is 0 Å². The van der Waals surface area contributed by atoms with Crippen molar-refractivity contribution in [3.63, 3.8) is 0 Å². The third-order valence-electron chi connectivity index (χ3n) is 3.51. The predicted molar refractivity (Wildman–Crippen MR) is 71.9 cm³/mol. The summed E-state index contributed by atoms with van der Waals surface area (Å²) in [5.41, 5.74) is 2.01. The van der Waals surface area contributed by atoms with Crippen LogP contribution in [0.4, 0.5) is 5.95 Å². The van der Waals surface area contributed by atoms with Crippen LogP contribution in [-0.4, -0.2) is 45.7 Å². The SMILES string of the molecule is Cc1cccc2nc(NC3CCCN(C)C3)nn12. The van der Waals surface area contributed by atoms with E-state index in [0.717, 1.165) is 23.8 Å². The van der Waals surface area contributed by atoms with Gasteiger partial charge in [0.1, 0.15) is 0 Å². The van der Waals surface area contributed by atoms with Gasteiger partial charge in [0.25, 0.3) is 0 Å². The Balaban J connectivity index is 1.80. The van der Waals surface area contributed by atoms with Crippen LogP contribution >= 0.6 is 0 Å². The van der Waals surface area contributed by atoms with Gasteiger partial charge in [0.15, 0.2) is 5.65 Å². The Morgan fingerprint density at radius 2 is 2.28 bits per heavy atom. The lowest BCUT2D eigenvalue weighted by Crippen LogP contribution is -2.39. The van der Waals surface area contributed by atoms with E-state index in [1.165, 1.54) is 19.4 Å². The molecule has 3 heterocycles. The van der Waals surface area contributed by atoms with Gasteiger partial charge in [-0.3, -0.25) is 0 Å². The first-order valence-electron chi connectivity index (χ1n) is 6.50. The van der Waals surface area contributed by atoms with Crippen LogP contribution in [0.3, 0.4) is 0 Å². The molecule has 96 valence electrons. The summed E-state index contributed by atoms with van der Waals surface area (Å²) in [5, 5.41) is 7.95. The Bertz CT molecular complexity index is 547. The number of pyridine rings is 1. The molecule has 1 aliphatic rings.